The molecule has 3 aromatic rings. The summed E-state index contributed by atoms with van der Waals surface area (Å²) in [5, 5.41) is 0. The third-order valence-corrected chi connectivity index (χ3v) is 7.39. The number of hydrogen-bond donors (Lipinski definition) is 2. The number of carbonyl (C=O) groups excluding carboxylic acids is 1. The maximum absolute atomic E-state index is 13.7. The number of sulfonamides is 1. The average molecular weight is 538 g/mol. The van der Waals surface area contributed by atoms with Crippen molar-refractivity contribution in [3.8, 4) is 18.1 Å². The van der Waals surface area contributed by atoms with Gasteiger partial charge in [0.25, 0.3) is 5.56 Å². The molecule has 9 nitrogen and oxygen atoms in total. The van der Waals surface area contributed by atoms with Gasteiger partial charge in [-0.3, -0.25) is 19.1 Å². The van der Waals surface area contributed by atoms with Crippen molar-refractivity contribution in [2.75, 3.05) is 12.9 Å². The predicted molar refractivity (Wildman–Crippen MR) is 146 cm³/mol. The van der Waals surface area contributed by atoms with Crippen molar-refractivity contribution in [3.63, 3.8) is 0 Å². The van der Waals surface area contributed by atoms with Crippen molar-refractivity contribution in [2.45, 2.75) is 46.2 Å². The Hall–Kier alpha value is -3.94. The van der Waals surface area contributed by atoms with Crippen LogP contribution in [0.5, 0.6) is 5.75 Å². The van der Waals surface area contributed by atoms with Gasteiger partial charge in [0.1, 0.15) is 11.4 Å². The summed E-state index contributed by atoms with van der Waals surface area (Å²) < 4.78 is 34.0. The normalized spacial score (nSPS) is 11.4. The summed E-state index contributed by atoms with van der Waals surface area (Å²) >= 11 is 0. The fourth-order valence-electron chi connectivity index (χ4n) is 4.14. The second-order valence-corrected chi connectivity index (χ2v) is 11.2. The molecule has 0 aliphatic heterocycles. The van der Waals surface area contributed by atoms with Crippen molar-refractivity contribution in [2.24, 2.45) is 0 Å². The number of ether oxygens (including phenoxy) is 1. The van der Waals surface area contributed by atoms with Crippen molar-refractivity contribution < 1.29 is 17.9 Å². The van der Waals surface area contributed by atoms with Crippen molar-refractivity contribution in [3.05, 3.63) is 96.8 Å². The van der Waals surface area contributed by atoms with E-state index >= 15 is 0 Å². The average Bonchev–Trinajstić information content (AvgIpc) is 2.87. The highest BCUT2D eigenvalue weighted by Gasteiger charge is 2.25. The molecular weight excluding hydrogens is 506 g/mol. The van der Waals surface area contributed by atoms with Gasteiger partial charge in [-0.15, -0.1) is 6.42 Å². The number of benzene rings is 2. The van der Waals surface area contributed by atoms with E-state index in [4.69, 9.17) is 11.2 Å². The van der Waals surface area contributed by atoms with Gasteiger partial charge in [-0.25, -0.2) is 17.9 Å². The Labute approximate surface area is 221 Å². The van der Waals surface area contributed by atoms with Gasteiger partial charge in [0, 0.05) is 29.8 Å². The Morgan fingerprint density at radius 2 is 1.84 bits per heavy atom. The molecule has 0 amide bonds. The van der Waals surface area contributed by atoms with Gasteiger partial charge in [-0.05, 0) is 60.7 Å². The van der Waals surface area contributed by atoms with E-state index in [-0.39, 0.29) is 48.0 Å². The minimum Gasteiger partial charge on any atom is -0.497 e. The highest BCUT2D eigenvalue weighted by molar-refractivity contribution is 7.89. The van der Waals surface area contributed by atoms with Crippen LogP contribution in [0.25, 0.3) is 0 Å². The first-order valence-electron chi connectivity index (χ1n) is 12.1. The quantitative estimate of drug-likeness (QED) is 0.286. The van der Waals surface area contributed by atoms with Crippen LogP contribution in [0.3, 0.4) is 0 Å². The first-order chi connectivity index (χ1) is 18.0. The number of rotatable bonds is 11. The van der Waals surface area contributed by atoms with Crippen molar-refractivity contribution in [1.82, 2.24) is 14.3 Å². The van der Waals surface area contributed by atoms with E-state index < -0.39 is 27.1 Å². The molecule has 0 unspecified atom stereocenters. The van der Waals surface area contributed by atoms with E-state index in [1.54, 1.807) is 64.3 Å². The van der Waals surface area contributed by atoms with Gasteiger partial charge in [0.05, 0.1) is 12.9 Å². The first kappa shape index (κ1) is 28.6. The number of aromatic nitrogens is 2. The highest BCUT2D eigenvalue weighted by atomic mass is 32.2. The molecule has 3 rings (SSSR count). The molecule has 0 bridgehead atoms. The molecule has 0 saturated carbocycles. The van der Waals surface area contributed by atoms with Crippen LogP contribution < -0.4 is 20.7 Å². The molecule has 0 aliphatic rings. The molecule has 2 N–H and O–H groups in total. The number of hydrogen-bond acceptors (Lipinski definition) is 6. The number of nitrogens with one attached hydrogen (secondary N) is 2. The Morgan fingerprint density at radius 3 is 2.45 bits per heavy atom. The minimum absolute atomic E-state index is 0.0329. The van der Waals surface area contributed by atoms with E-state index in [1.165, 1.54) is 6.07 Å². The lowest BCUT2D eigenvalue weighted by molar-refractivity contribution is 0.102. The van der Waals surface area contributed by atoms with Gasteiger partial charge in [-0.1, -0.05) is 31.9 Å². The van der Waals surface area contributed by atoms with Gasteiger partial charge in [-0.2, -0.15) is 0 Å². The zero-order valence-corrected chi connectivity index (χ0v) is 22.6. The summed E-state index contributed by atoms with van der Waals surface area (Å²) in [7, 11) is -2.14. The highest BCUT2D eigenvalue weighted by Crippen LogP contribution is 2.20. The molecule has 1 heterocycles. The summed E-state index contributed by atoms with van der Waals surface area (Å²) in [6.45, 7) is 5.28. The number of methoxy groups -OCH3 is 1. The summed E-state index contributed by atoms with van der Waals surface area (Å²) in [5.74, 6) is 1.97. The van der Waals surface area contributed by atoms with E-state index in [1.807, 2.05) is 0 Å². The number of terminal acetylenes is 1. The number of aryl methyl sites for hydroxylation is 1. The molecule has 0 fully saturated rings. The lowest BCUT2D eigenvalue weighted by Crippen LogP contribution is -2.38. The molecule has 200 valence electrons. The molecule has 0 saturated heterocycles. The van der Waals surface area contributed by atoms with Crippen LogP contribution in [0.2, 0.25) is 0 Å². The monoisotopic (exact) mass is 537 g/mol. The fraction of sp³-hybridized carbons (Fsp3) is 0.321. The maximum Gasteiger partial charge on any atom is 0.328 e. The molecule has 38 heavy (non-hydrogen) atoms. The van der Waals surface area contributed by atoms with Crippen LogP contribution in [0.15, 0.2) is 52.1 Å². The standard InChI is InChI=1S/C28H31N3O6S/c1-6-20-14-19(4)15-22(16-20)26(32)25-24(18(2)3)27(33)30-28(34)31(25)12-7-13-38(35,36)29-17-21-8-10-23(37-5)11-9-21/h1,8-11,14-16,18,29H,7,12-13,17H2,2-5H3,(H,30,33,34). The number of ketones is 1. The number of carbonyl (C=O) groups is 1. The van der Waals surface area contributed by atoms with Crippen LogP contribution >= 0.6 is 0 Å². The molecule has 0 radical (unpaired) electrons. The number of H-pyrrole nitrogens is 1. The van der Waals surface area contributed by atoms with Crippen LogP contribution in [0.4, 0.5) is 0 Å². The SMILES string of the molecule is C#Cc1cc(C)cc(C(=O)c2c(C(C)C)c(=O)[nH]c(=O)n2CCCS(=O)(=O)NCc2ccc(OC)cc2)c1. The molecule has 1 aromatic heterocycles. The van der Waals surface area contributed by atoms with Crippen LogP contribution in [-0.2, 0) is 23.1 Å². The van der Waals surface area contributed by atoms with Gasteiger partial charge >= 0.3 is 5.69 Å². The third-order valence-electron chi connectivity index (χ3n) is 5.98. The van der Waals surface area contributed by atoms with Crippen LogP contribution in [0, 0.1) is 19.3 Å². The Bertz CT molecular complexity index is 1590. The number of nitrogens with zero attached hydrogens (tertiary/aromatic N) is 1. The van der Waals surface area contributed by atoms with Gasteiger partial charge in [0.2, 0.25) is 15.8 Å². The summed E-state index contributed by atoms with van der Waals surface area (Å²) in [5.41, 5.74) is 0.900. The lowest BCUT2D eigenvalue weighted by atomic mass is 9.95. The molecular formula is C28H31N3O6S. The van der Waals surface area contributed by atoms with E-state index in [9.17, 15) is 22.8 Å². The minimum atomic E-state index is -3.69. The van der Waals surface area contributed by atoms with Gasteiger partial charge in [0.15, 0.2) is 0 Å². The van der Waals surface area contributed by atoms with E-state index in [0.717, 1.165) is 15.7 Å². The third kappa shape index (κ3) is 6.88. The lowest BCUT2D eigenvalue weighted by Gasteiger charge is -2.18. The van der Waals surface area contributed by atoms with E-state index in [2.05, 4.69) is 15.6 Å². The summed E-state index contributed by atoms with van der Waals surface area (Å²) in [4.78, 5) is 41.5. The fourth-order valence-corrected chi connectivity index (χ4v) is 5.18. The predicted octanol–water partition coefficient (Wildman–Crippen LogP) is 2.70. The van der Waals surface area contributed by atoms with Crippen molar-refractivity contribution in [1.29, 1.82) is 0 Å². The van der Waals surface area contributed by atoms with E-state index in [0.29, 0.717) is 11.3 Å². The van der Waals surface area contributed by atoms with Gasteiger partial charge < -0.3 is 4.74 Å². The second-order valence-electron chi connectivity index (χ2n) is 9.23. The first-order valence-corrected chi connectivity index (χ1v) is 13.7. The smallest absolute Gasteiger partial charge is 0.328 e. The van der Waals surface area contributed by atoms with Crippen LogP contribution in [-0.4, -0.2) is 36.6 Å². The molecule has 0 atom stereocenters. The zero-order chi connectivity index (χ0) is 28.0. The van der Waals surface area contributed by atoms with Crippen molar-refractivity contribution >= 4 is 15.8 Å². The summed E-state index contributed by atoms with van der Waals surface area (Å²) in [6, 6.07) is 11.9. The Kier molecular flexibility index (Phi) is 9.09. The molecule has 0 spiro atoms. The van der Waals surface area contributed by atoms with Crippen LogP contribution in [0.1, 0.15) is 64.5 Å². The zero-order valence-electron chi connectivity index (χ0n) is 21.8. The molecule has 2 aromatic carbocycles. The number of aromatic amines is 1. The summed E-state index contributed by atoms with van der Waals surface area (Å²) in [6.07, 6.45) is 5.56. The topological polar surface area (TPSA) is 127 Å². The molecule has 10 heteroatoms. The maximum atomic E-state index is 13.7. The largest absolute Gasteiger partial charge is 0.497 e. The Balaban J connectivity index is 1.87. The molecule has 0 aliphatic carbocycles. The second kappa shape index (κ2) is 12.1. The Morgan fingerprint density at radius 1 is 1.16 bits per heavy atom.